The Morgan fingerprint density at radius 2 is 1.92 bits per heavy atom. The van der Waals surface area contributed by atoms with Gasteiger partial charge in [0.25, 0.3) is 0 Å². The SMILES string of the molecule is C[C@H](N)C=Cc1ccc(F)cc1. The third-order valence-electron chi connectivity index (χ3n) is 1.46. The first-order valence-electron chi connectivity index (χ1n) is 3.88. The second kappa shape index (κ2) is 4.02. The highest BCUT2D eigenvalue weighted by Crippen LogP contribution is 2.04. The molecule has 1 nitrogen and oxygen atoms in total. The third-order valence-corrected chi connectivity index (χ3v) is 1.46. The summed E-state index contributed by atoms with van der Waals surface area (Å²) in [5.74, 6) is -0.215. The van der Waals surface area contributed by atoms with E-state index in [0.29, 0.717) is 0 Å². The Morgan fingerprint density at radius 1 is 1.33 bits per heavy atom. The molecule has 0 radical (unpaired) electrons. The predicted octanol–water partition coefficient (Wildman–Crippen LogP) is 2.19. The van der Waals surface area contributed by atoms with Crippen molar-refractivity contribution < 1.29 is 4.39 Å². The molecule has 12 heavy (non-hydrogen) atoms. The van der Waals surface area contributed by atoms with E-state index in [4.69, 9.17) is 5.73 Å². The van der Waals surface area contributed by atoms with Gasteiger partial charge in [-0.25, -0.2) is 4.39 Å². The Morgan fingerprint density at radius 3 is 2.42 bits per heavy atom. The molecule has 0 aliphatic heterocycles. The van der Waals surface area contributed by atoms with Gasteiger partial charge in [0.2, 0.25) is 0 Å². The summed E-state index contributed by atoms with van der Waals surface area (Å²) in [6.45, 7) is 1.89. The minimum atomic E-state index is -0.215. The second-order valence-electron chi connectivity index (χ2n) is 2.77. The van der Waals surface area contributed by atoms with Crippen molar-refractivity contribution in [3.63, 3.8) is 0 Å². The van der Waals surface area contributed by atoms with Crippen molar-refractivity contribution in [2.24, 2.45) is 5.73 Å². The zero-order valence-electron chi connectivity index (χ0n) is 7.00. The van der Waals surface area contributed by atoms with E-state index in [1.165, 1.54) is 12.1 Å². The lowest BCUT2D eigenvalue weighted by Crippen LogP contribution is -2.09. The van der Waals surface area contributed by atoms with Crippen LogP contribution >= 0.6 is 0 Å². The largest absolute Gasteiger partial charge is 0.325 e. The fourth-order valence-electron chi connectivity index (χ4n) is 0.837. The van der Waals surface area contributed by atoms with Crippen molar-refractivity contribution in [3.8, 4) is 0 Å². The van der Waals surface area contributed by atoms with Gasteiger partial charge in [-0.15, -0.1) is 0 Å². The van der Waals surface area contributed by atoms with Crippen LogP contribution in [-0.2, 0) is 0 Å². The van der Waals surface area contributed by atoms with Crippen LogP contribution in [0.2, 0.25) is 0 Å². The summed E-state index contributed by atoms with van der Waals surface area (Å²) in [6.07, 6.45) is 3.75. The maximum absolute atomic E-state index is 12.4. The normalized spacial score (nSPS) is 13.6. The highest BCUT2D eigenvalue weighted by molar-refractivity contribution is 5.49. The van der Waals surface area contributed by atoms with Gasteiger partial charge < -0.3 is 5.73 Å². The zero-order valence-corrected chi connectivity index (χ0v) is 7.00. The molecule has 0 saturated carbocycles. The first-order chi connectivity index (χ1) is 5.68. The summed E-state index contributed by atoms with van der Waals surface area (Å²) in [5.41, 5.74) is 6.48. The van der Waals surface area contributed by atoms with Gasteiger partial charge in [-0.3, -0.25) is 0 Å². The number of benzene rings is 1. The van der Waals surface area contributed by atoms with E-state index in [0.717, 1.165) is 5.56 Å². The van der Waals surface area contributed by atoms with Gasteiger partial charge in [0.05, 0.1) is 0 Å². The Labute approximate surface area is 71.7 Å². The molecule has 2 heteroatoms. The summed E-state index contributed by atoms with van der Waals surface area (Å²) in [7, 11) is 0. The molecule has 0 fully saturated rings. The summed E-state index contributed by atoms with van der Waals surface area (Å²) in [6, 6.07) is 6.33. The Bertz CT molecular complexity index is 262. The van der Waals surface area contributed by atoms with Crippen LogP contribution < -0.4 is 5.73 Å². The summed E-state index contributed by atoms with van der Waals surface area (Å²) < 4.78 is 12.4. The lowest BCUT2D eigenvalue weighted by atomic mass is 10.2. The Balaban J connectivity index is 2.71. The van der Waals surface area contributed by atoms with Crippen molar-refractivity contribution in [1.82, 2.24) is 0 Å². The summed E-state index contributed by atoms with van der Waals surface area (Å²) in [4.78, 5) is 0. The average molecular weight is 165 g/mol. The fourth-order valence-corrected chi connectivity index (χ4v) is 0.837. The predicted molar refractivity (Wildman–Crippen MR) is 49.1 cm³/mol. The standard InChI is InChI=1S/C10H12FN/c1-8(12)2-3-9-4-6-10(11)7-5-9/h2-8H,12H2,1H3/t8-/m0/s1. The van der Waals surface area contributed by atoms with Gasteiger partial charge in [0, 0.05) is 6.04 Å². The fraction of sp³-hybridized carbons (Fsp3) is 0.200. The van der Waals surface area contributed by atoms with Crippen LogP contribution in [0.5, 0.6) is 0 Å². The van der Waals surface area contributed by atoms with E-state index in [2.05, 4.69) is 0 Å². The van der Waals surface area contributed by atoms with Crippen LogP contribution in [0.4, 0.5) is 4.39 Å². The van der Waals surface area contributed by atoms with Gasteiger partial charge in [0.15, 0.2) is 0 Å². The average Bonchev–Trinajstić information content (AvgIpc) is 2.03. The minimum absolute atomic E-state index is 0.0371. The van der Waals surface area contributed by atoms with E-state index in [-0.39, 0.29) is 11.9 Å². The molecular weight excluding hydrogens is 153 g/mol. The van der Waals surface area contributed by atoms with Crippen LogP contribution in [0, 0.1) is 5.82 Å². The molecule has 2 N–H and O–H groups in total. The van der Waals surface area contributed by atoms with Crippen molar-refractivity contribution in [3.05, 3.63) is 41.7 Å². The molecule has 0 saturated heterocycles. The van der Waals surface area contributed by atoms with E-state index in [1.54, 1.807) is 12.1 Å². The molecule has 1 rings (SSSR count). The summed E-state index contributed by atoms with van der Waals surface area (Å²) >= 11 is 0. The van der Waals surface area contributed by atoms with E-state index >= 15 is 0 Å². The lowest BCUT2D eigenvalue weighted by molar-refractivity contribution is 0.628. The molecule has 0 aliphatic rings. The van der Waals surface area contributed by atoms with E-state index in [1.807, 2.05) is 19.1 Å². The molecule has 0 unspecified atom stereocenters. The molecule has 0 aromatic heterocycles. The van der Waals surface area contributed by atoms with Gasteiger partial charge in [0.1, 0.15) is 5.82 Å². The first kappa shape index (κ1) is 8.94. The molecule has 1 atom stereocenters. The topological polar surface area (TPSA) is 26.0 Å². The van der Waals surface area contributed by atoms with Crippen molar-refractivity contribution in [2.75, 3.05) is 0 Å². The highest BCUT2D eigenvalue weighted by Gasteiger charge is 1.89. The molecule has 64 valence electrons. The van der Waals surface area contributed by atoms with E-state index < -0.39 is 0 Å². The Hall–Kier alpha value is -1.15. The maximum atomic E-state index is 12.4. The van der Waals surface area contributed by atoms with Crippen LogP contribution in [0.3, 0.4) is 0 Å². The van der Waals surface area contributed by atoms with Crippen LogP contribution in [0.1, 0.15) is 12.5 Å². The first-order valence-corrected chi connectivity index (χ1v) is 3.88. The quantitative estimate of drug-likeness (QED) is 0.714. The molecule has 0 heterocycles. The number of nitrogens with two attached hydrogens (primary N) is 1. The number of hydrogen-bond acceptors (Lipinski definition) is 1. The molecule has 0 spiro atoms. The molecule has 0 amide bonds. The monoisotopic (exact) mass is 165 g/mol. The number of halogens is 1. The smallest absolute Gasteiger partial charge is 0.123 e. The maximum Gasteiger partial charge on any atom is 0.123 e. The molecular formula is C10H12FN. The van der Waals surface area contributed by atoms with E-state index in [9.17, 15) is 4.39 Å². The molecule has 0 bridgehead atoms. The van der Waals surface area contributed by atoms with Crippen molar-refractivity contribution >= 4 is 6.08 Å². The van der Waals surface area contributed by atoms with Crippen LogP contribution in [-0.4, -0.2) is 6.04 Å². The Kier molecular flexibility index (Phi) is 3.00. The molecule has 1 aromatic rings. The summed E-state index contributed by atoms with van der Waals surface area (Å²) in [5, 5.41) is 0. The minimum Gasteiger partial charge on any atom is -0.325 e. The van der Waals surface area contributed by atoms with Crippen molar-refractivity contribution in [2.45, 2.75) is 13.0 Å². The van der Waals surface area contributed by atoms with Crippen molar-refractivity contribution in [1.29, 1.82) is 0 Å². The van der Waals surface area contributed by atoms with Crippen LogP contribution in [0.15, 0.2) is 30.3 Å². The third kappa shape index (κ3) is 2.84. The molecule has 1 aromatic carbocycles. The second-order valence-corrected chi connectivity index (χ2v) is 2.77. The van der Waals surface area contributed by atoms with Gasteiger partial charge in [-0.2, -0.15) is 0 Å². The van der Waals surface area contributed by atoms with Crippen LogP contribution in [0.25, 0.3) is 6.08 Å². The molecule has 0 aliphatic carbocycles. The lowest BCUT2D eigenvalue weighted by Gasteiger charge is -1.95. The zero-order chi connectivity index (χ0) is 8.97. The van der Waals surface area contributed by atoms with Gasteiger partial charge in [-0.1, -0.05) is 24.3 Å². The van der Waals surface area contributed by atoms with Gasteiger partial charge >= 0.3 is 0 Å². The van der Waals surface area contributed by atoms with Gasteiger partial charge in [-0.05, 0) is 24.6 Å². The number of hydrogen-bond donors (Lipinski definition) is 1. The highest BCUT2D eigenvalue weighted by atomic mass is 19.1. The number of rotatable bonds is 2.